The summed E-state index contributed by atoms with van der Waals surface area (Å²) in [6.07, 6.45) is 9.48. The normalized spacial score (nSPS) is 52.1. The van der Waals surface area contributed by atoms with E-state index in [9.17, 15) is 0 Å². The van der Waals surface area contributed by atoms with Crippen molar-refractivity contribution >= 4 is 27.7 Å². The first-order valence-electron chi connectivity index (χ1n) is 8.98. The van der Waals surface area contributed by atoms with Gasteiger partial charge in [0.2, 0.25) is 0 Å². The average Bonchev–Trinajstić information content (AvgIpc) is 2.87. The third-order valence-corrected chi connectivity index (χ3v) is 8.68. The minimum absolute atomic E-state index is 0.427. The van der Waals surface area contributed by atoms with E-state index in [4.69, 9.17) is 5.73 Å². The number of hydrogen-bond acceptors (Lipinski definition) is 5. The Morgan fingerprint density at radius 2 is 2.00 bits per heavy atom. The van der Waals surface area contributed by atoms with Crippen molar-refractivity contribution in [3.63, 3.8) is 0 Å². The molecule has 4 fully saturated rings. The molecular formula is C16H29BrN4S. The molecule has 0 amide bonds. The molecule has 2 saturated carbocycles. The van der Waals surface area contributed by atoms with Gasteiger partial charge in [-0.1, -0.05) is 22.4 Å². The van der Waals surface area contributed by atoms with Gasteiger partial charge in [-0.15, -0.1) is 0 Å². The van der Waals surface area contributed by atoms with Crippen LogP contribution in [0.1, 0.15) is 44.9 Å². The van der Waals surface area contributed by atoms with Crippen LogP contribution < -0.4 is 21.7 Å². The second-order valence-electron chi connectivity index (χ2n) is 7.59. The Hall–Kier alpha value is 0.670. The molecule has 4 nitrogen and oxygen atoms in total. The molecule has 0 bridgehead atoms. The zero-order valence-electron chi connectivity index (χ0n) is 13.1. The largest absolute Gasteiger partial charge is 0.328 e. The van der Waals surface area contributed by atoms with Crippen LogP contribution in [0.3, 0.4) is 0 Å². The molecule has 2 aliphatic carbocycles. The Morgan fingerprint density at radius 1 is 1.09 bits per heavy atom. The van der Waals surface area contributed by atoms with Gasteiger partial charge in [-0.3, -0.25) is 10.6 Å². The number of alkyl halides is 1. The van der Waals surface area contributed by atoms with E-state index in [1.54, 1.807) is 0 Å². The number of rotatable bonds is 2. The lowest BCUT2D eigenvalue weighted by Crippen LogP contribution is -2.66. The molecule has 2 saturated heterocycles. The SMILES string of the molecule is NC1CCC2SC3C(NC4CCCC(Br)C4)NCNC3C2C1. The standard InChI is InChI=1S/C16H29BrN4S/c17-9-2-1-3-11(6-9)21-16-15-14(19-8-20-16)12-7-10(18)4-5-13(12)22-15/h9-16,19-21H,1-8,18H2. The molecule has 8 unspecified atom stereocenters. The van der Waals surface area contributed by atoms with Crippen molar-refractivity contribution < 1.29 is 0 Å². The zero-order valence-corrected chi connectivity index (χ0v) is 15.5. The number of nitrogens with one attached hydrogen (secondary N) is 3. The monoisotopic (exact) mass is 388 g/mol. The van der Waals surface area contributed by atoms with Crippen molar-refractivity contribution in [2.75, 3.05) is 6.67 Å². The highest BCUT2D eigenvalue weighted by atomic mass is 79.9. The first-order chi connectivity index (χ1) is 10.7. The van der Waals surface area contributed by atoms with Crippen molar-refractivity contribution in [3.8, 4) is 0 Å². The summed E-state index contributed by atoms with van der Waals surface area (Å²) in [4.78, 5) is 0.702. The minimum Gasteiger partial charge on any atom is -0.328 e. The van der Waals surface area contributed by atoms with E-state index in [0.717, 1.165) is 17.8 Å². The first-order valence-corrected chi connectivity index (χ1v) is 10.8. The van der Waals surface area contributed by atoms with E-state index in [1.165, 1.54) is 44.9 Å². The van der Waals surface area contributed by atoms with E-state index >= 15 is 0 Å². The Morgan fingerprint density at radius 3 is 2.86 bits per heavy atom. The summed E-state index contributed by atoms with van der Waals surface area (Å²) in [5, 5.41) is 12.8. The molecule has 0 aromatic heterocycles. The fourth-order valence-corrected chi connectivity index (χ4v) is 7.67. The second-order valence-corrected chi connectivity index (χ2v) is 10.3. The van der Waals surface area contributed by atoms with Gasteiger partial charge in [0.1, 0.15) is 0 Å². The van der Waals surface area contributed by atoms with E-state index in [2.05, 4.69) is 43.6 Å². The van der Waals surface area contributed by atoms with Gasteiger partial charge in [0.15, 0.2) is 0 Å². The molecule has 0 aromatic carbocycles. The third kappa shape index (κ3) is 3.24. The third-order valence-electron chi connectivity index (χ3n) is 6.04. The van der Waals surface area contributed by atoms with Crippen LogP contribution >= 0.6 is 27.7 Å². The smallest absolute Gasteiger partial charge is 0.0721 e. The highest BCUT2D eigenvalue weighted by Crippen LogP contribution is 2.47. The maximum Gasteiger partial charge on any atom is 0.0721 e. The molecular weight excluding hydrogens is 360 g/mol. The van der Waals surface area contributed by atoms with Crippen LogP contribution in [0.5, 0.6) is 0 Å². The van der Waals surface area contributed by atoms with E-state index < -0.39 is 0 Å². The molecule has 0 aromatic rings. The van der Waals surface area contributed by atoms with Gasteiger partial charge in [-0.2, -0.15) is 11.8 Å². The molecule has 4 rings (SSSR count). The quantitative estimate of drug-likeness (QED) is 0.542. The van der Waals surface area contributed by atoms with Gasteiger partial charge in [0.05, 0.1) is 6.17 Å². The summed E-state index contributed by atoms with van der Waals surface area (Å²) in [6.45, 7) is 0.933. The number of hydrogen-bond donors (Lipinski definition) is 4. The Bertz CT molecular complexity index is 398. The second kappa shape index (κ2) is 6.89. The van der Waals surface area contributed by atoms with Gasteiger partial charge < -0.3 is 11.1 Å². The van der Waals surface area contributed by atoms with Crippen molar-refractivity contribution in [2.45, 2.75) is 84.6 Å². The van der Waals surface area contributed by atoms with Crippen LogP contribution in [0.2, 0.25) is 0 Å². The number of thioether (sulfide) groups is 1. The van der Waals surface area contributed by atoms with Gasteiger partial charge in [0, 0.05) is 40.1 Å². The molecule has 8 atom stereocenters. The van der Waals surface area contributed by atoms with Crippen LogP contribution in [-0.4, -0.2) is 46.3 Å². The molecule has 5 N–H and O–H groups in total. The van der Waals surface area contributed by atoms with Crippen LogP contribution in [0.15, 0.2) is 0 Å². The van der Waals surface area contributed by atoms with Gasteiger partial charge in [-0.25, -0.2) is 0 Å². The van der Waals surface area contributed by atoms with Gasteiger partial charge >= 0.3 is 0 Å². The Labute approximate surface area is 146 Å². The highest BCUT2D eigenvalue weighted by molar-refractivity contribution is 9.09. The topological polar surface area (TPSA) is 62.1 Å². The lowest BCUT2D eigenvalue weighted by Gasteiger charge is -2.41. The van der Waals surface area contributed by atoms with Gasteiger partial charge in [0.25, 0.3) is 0 Å². The molecule has 2 aliphatic heterocycles. The fourth-order valence-electron chi connectivity index (χ4n) is 4.93. The molecule has 6 heteroatoms. The minimum atomic E-state index is 0.427. The maximum atomic E-state index is 6.24. The molecule has 0 spiro atoms. The summed E-state index contributed by atoms with van der Waals surface area (Å²) < 4.78 is 0. The van der Waals surface area contributed by atoms with E-state index in [0.29, 0.717) is 34.4 Å². The first kappa shape index (κ1) is 16.2. The molecule has 2 heterocycles. The lowest BCUT2D eigenvalue weighted by atomic mass is 9.79. The highest BCUT2D eigenvalue weighted by Gasteiger charge is 2.50. The summed E-state index contributed by atoms with van der Waals surface area (Å²) in [6, 6.07) is 1.74. The lowest BCUT2D eigenvalue weighted by molar-refractivity contribution is 0.197. The molecule has 0 radical (unpaired) electrons. The average molecular weight is 389 g/mol. The zero-order chi connectivity index (χ0) is 15.1. The molecule has 22 heavy (non-hydrogen) atoms. The van der Waals surface area contributed by atoms with Crippen molar-refractivity contribution in [3.05, 3.63) is 0 Å². The molecule has 4 aliphatic rings. The number of nitrogens with two attached hydrogens (primary N) is 1. The van der Waals surface area contributed by atoms with Crippen LogP contribution in [0.4, 0.5) is 0 Å². The van der Waals surface area contributed by atoms with Crippen LogP contribution in [0, 0.1) is 5.92 Å². The predicted octanol–water partition coefficient (Wildman–Crippen LogP) is 1.74. The van der Waals surface area contributed by atoms with Crippen molar-refractivity contribution in [2.24, 2.45) is 11.7 Å². The van der Waals surface area contributed by atoms with E-state index in [-0.39, 0.29) is 0 Å². The summed E-state index contributed by atoms with van der Waals surface area (Å²) in [5.74, 6) is 0.778. The van der Waals surface area contributed by atoms with Crippen molar-refractivity contribution in [1.82, 2.24) is 16.0 Å². The maximum absolute atomic E-state index is 6.24. The van der Waals surface area contributed by atoms with Crippen molar-refractivity contribution in [1.29, 1.82) is 0 Å². The Balaban J connectivity index is 1.41. The van der Waals surface area contributed by atoms with Gasteiger partial charge in [-0.05, 0) is 44.4 Å². The summed E-state index contributed by atoms with van der Waals surface area (Å²) >= 11 is 6.04. The Kier molecular flexibility index (Phi) is 5.06. The number of halogens is 1. The number of fused-ring (bicyclic) bond motifs is 3. The predicted molar refractivity (Wildman–Crippen MR) is 97.3 cm³/mol. The molecule has 126 valence electrons. The van der Waals surface area contributed by atoms with Crippen LogP contribution in [-0.2, 0) is 0 Å². The summed E-state index contributed by atoms with van der Waals surface area (Å²) in [7, 11) is 0. The fraction of sp³-hybridized carbons (Fsp3) is 1.00. The van der Waals surface area contributed by atoms with Crippen LogP contribution in [0.25, 0.3) is 0 Å². The summed E-state index contributed by atoms with van der Waals surface area (Å²) in [5.41, 5.74) is 6.24. The van der Waals surface area contributed by atoms with E-state index in [1.807, 2.05) is 0 Å².